The molecule has 4 aromatic rings. The third-order valence-corrected chi connectivity index (χ3v) is 4.79. The van der Waals surface area contributed by atoms with Crippen molar-refractivity contribution in [2.24, 2.45) is 0 Å². The van der Waals surface area contributed by atoms with Crippen molar-refractivity contribution < 1.29 is 9.47 Å². The monoisotopic (exact) mass is 371 g/mol. The molecule has 0 aliphatic carbocycles. The van der Waals surface area contributed by atoms with Gasteiger partial charge in [-0.3, -0.25) is 0 Å². The second-order valence-corrected chi connectivity index (χ2v) is 6.39. The molecule has 3 aromatic carbocycles. The van der Waals surface area contributed by atoms with Gasteiger partial charge in [0.25, 0.3) is 0 Å². The Bertz CT molecular complexity index is 1110. The zero-order valence-electron chi connectivity index (χ0n) is 16.1. The number of benzene rings is 3. The van der Waals surface area contributed by atoms with Gasteiger partial charge >= 0.3 is 0 Å². The van der Waals surface area contributed by atoms with E-state index in [1.807, 2.05) is 49.5 Å². The minimum absolute atomic E-state index is 0.700. The molecule has 0 unspecified atom stereocenters. The Kier molecular flexibility index (Phi) is 4.81. The van der Waals surface area contributed by atoms with Crippen LogP contribution in [0.2, 0.25) is 0 Å². The molecule has 1 aromatic heterocycles. The van der Waals surface area contributed by atoms with Crippen LogP contribution in [0.15, 0.2) is 73.1 Å². The minimum atomic E-state index is 0.700. The average molecular weight is 371 g/mol. The zero-order chi connectivity index (χ0) is 19.5. The fraction of sp³-hybridized carbons (Fsp3) is 0.130. The molecule has 0 aliphatic heterocycles. The number of methoxy groups -OCH3 is 2. The largest absolute Gasteiger partial charge is 0.493 e. The lowest BCUT2D eigenvalue weighted by Crippen LogP contribution is -2.11. The van der Waals surface area contributed by atoms with Gasteiger partial charge in [0.1, 0.15) is 12.1 Å². The van der Waals surface area contributed by atoms with Crippen LogP contribution in [0.1, 0.15) is 0 Å². The van der Waals surface area contributed by atoms with Gasteiger partial charge in [0.2, 0.25) is 0 Å². The number of hydrogen-bond donors (Lipinski definition) is 0. The van der Waals surface area contributed by atoms with Crippen molar-refractivity contribution in [1.29, 1.82) is 0 Å². The maximum Gasteiger partial charge on any atom is 0.161 e. The summed E-state index contributed by atoms with van der Waals surface area (Å²) in [6, 6.07) is 22.3. The van der Waals surface area contributed by atoms with E-state index in [-0.39, 0.29) is 0 Å². The van der Waals surface area contributed by atoms with Gasteiger partial charge in [-0.05, 0) is 47.5 Å². The molecule has 0 saturated heterocycles. The van der Waals surface area contributed by atoms with Gasteiger partial charge in [-0.2, -0.15) is 0 Å². The fourth-order valence-corrected chi connectivity index (χ4v) is 3.28. The third kappa shape index (κ3) is 3.22. The Morgan fingerprint density at radius 3 is 2.21 bits per heavy atom. The fourth-order valence-electron chi connectivity index (χ4n) is 3.28. The topological polar surface area (TPSA) is 47.5 Å². The van der Waals surface area contributed by atoms with Crippen LogP contribution in [0.25, 0.3) is 22.0 Å². The number of hydrogen-bond acceptors (Lipinski definition) is 5. The lowest BCUT2D eigenvalue weighted by molar-refractivity contribution is 0.355. The number of para-hydroxylation sites is 1. The van der Waals surface area contributed by atoms with Crippen LogP contribution in [0.4, 0.5) is 11.5 Å². The summed E-state index contributed by atoms with van der Waals surface area (Å²) in [6.07, 6.45) is 1.60. The van der Waals surface area contributed by atoms with Gasteiger partial charge in [0, 0.05) is 18.1 Å². The second-order valence-electron chi connectivity index (χ2n) is 6.39. The summed E-state index contributed by atoms with van der Waals surface area (Å²) < 4.78 is 10.8. The molecule has 4 rings (SSSR count). The summed E-state index contributed by atoms with van der Waals surface area (Å²) in [6.45, 7) is 0. The van der Waals surface area contributed by atoms with Crippen molar-refractivity contribution in [3.8, 4) is 22.6 Å². The summed E-state index contributed by atoms with van der Waals surface area (Å²) in [7, 11) is 5.29. The van der Waals surface area contributed by atoms with Crippen LogP contribution in [0.5, 0.6) is 11.5 Å². The van der Waals surface area contributed by atoms with E-state index in [1.54, 1.807) is 20.5 Å². The average Bonchev–Trinajstić information content (AvgIpc) is 2.78. The van der Waals surface area contributed by atoms with Crippen molar-refractivity contribution >= 4 is 22.4 Å². The van der Waals surface area contributed by atoms with Crippen LogP contribution in [0.3, 0.4) is 0 Å². The molecular weight excluding hydrogens is 350 g/mol. The quantitative estimate of drug-likeness (QED) is 0.489. The highest BCUT2D eigenvalue weighted by molar-refractivity contribution is 5.94. The van der Waals surface area contributed by atoms with Gasteiger partial charge in [0.05, 0.1) is 19.7 Å². The van der Waals surface area contributed by atoms with Crippen LogP contribution in [-0.4, -0.2) is 31.2 Å². The molecule has 1 heterocycles. The van der Waals surface area contributed by atoms with Crippen LogP contribution in [-0.2, 0) is 0 Å². The van der Waals surface area contributed by atoms with Gasteiger partial charge in [-0.15, -0.1) is 0 Å². The molecule has 0 bridgehead atoms. The van der Waals surface area contributed by atoms with Crippen molar-refractivity contribution in [2.75, 3.05) is 26.2 Å². The lowest BCUT2D eigenvalue weighted by Gasteiger charge is -2.20. The Morgan fingerprint density at radius 2 is 1.46 bits per heavy atom. The van der Waals surface area contributed by atoms with Gasteiger partial charge in [-0.25, -0.2) is 9.97 Å². The van der Waals surface area contributed by atoms with E-state index >= 15 is 0 Å². The number of ether oxygens (including phenoxy) is 2. The smallest absolute Gasteiger partial charge is 0.161 e. The van der Waals surface area contributed by atoms with Crippen LogP contribution >= 0.6 is 0 Å². The molecule has 140 valence electrons. The molecule has 0 fully saturated rings. The summed E-state index contributed by atoms with van der Waals surface area (Å²) in [4.78, 5) is 11.1. The molecule has 0 spiro atoms. The molecule has 0 N–H and O–H groups in total. The number of rotatable bonds is 5. The van der Waals surface area contributed by atoms with E-state index in [4.69, 9.17) is 9.47 Å². The Labute approximate surface area is 164 Å². The first-order valence-corrected chi connectivity index (χ1v) is 8.97. The predicted octanol–water partition coefficient (Wildman–Crippen LogP) is 5.08. The molecule has 5 heteroatoms. The first kappa shape index (κ1) is 17.8. The van der Waals surface area contributed by atoms with Crippen molar-refractivity contribution in [3.05, 3.63) is 73.1 Å². The van der Waals surface area contributed by atoms with Crippen LogP contribution in [0, 0.1) is 0 Å². The Balaban J connectivity index is 1.83. The van der Waals surface area contributed by atoms with Crippen LogP contribution < -0.4 is 14.4 Å². The maximum absolute atomic E-state index is 5.45. The highest BCUT2D eigenvalue weighted by Crippen LogP contribution is 2.35. The Morgan fingerprint density at radius 1 is 0.750 bits per heavy atom. The first-order valence-electron chi connectivity index (χ1n) is 8.97. The molecule has 0 saturated carbocycles. The summed E-state index contributed by atoms with van der Waals surface area (Å²) in [5.41, 5.74) is 4.07. The molecular formula is C23H21N3O2. The molecule has 0 aliphatic rings. The van der Waals surface area contributed by atoms with Crippen molar-refractivity contribution in [3.63, 3.8) is 0 Å². The third-order valence-electron chi connectivity index (χ3n) is 4.79. The van der Waals surface area contributed by atoms with E-state index in [1.165, 1.54) is 0 Å². The minimum Gasteiger partial charge on any atom is -0.493 e. The highest BCUT2D eigenvalue weighted by Gasteiger charge is 2.12. The van der Waals surface area contributed by atoms with E-state index in [9.17, 15) is 0 Å². The van der Waals surface area contributed by atoms with E-state index < -0.39 is 0 Å². The van der Waals surface area contributed by atoms with E-state index in [0.717, 1.165) is 33.5 Å². The second kappa shape index (κ2) is 7.56. The maximum atomic E-state index is 5.45. The van der Waals surface area contributed by atoms with Gasteiger partial charge in [-0.1, -0.05) is 30.3 Å². The zero-order valence-corrected chi connectivity index (χ0v) is 16.1. The van der Waals surface area contributed by atoms with Crippen molar-refractivity contribution in [2.45, 2.75) is 0 Å². The number of anilines is 2. The standard InChI is InChI=1S/C23H21N3O2/c1-26(18-7-5-4-6-8-18)23-19-13-16(9-11-20(19)24-15-25-23)17-10-12-21(27-2)22(14-17)28-3/h4-15H,1-3H3. The molecule has 28 heavy (non-hydrogen) atoms. The molecule has 5 nitrogen and oxygen atoms in total. The summed E-state index contributed by atoms with van der Waals surface area (Å²) in [5, 5.41) is 0.987. The number of fused-ring (bicyclic) bond motifs is 1. The molecule has 0 atom stereocenters. The van der Waals surface area contributed by atoms with Gasteiger partial charge in [0.15, 0.2) is 11.5 Å². The number of nitrogens with zero attached hydrogens (tertiary/aromatic N) is 3. The summed E-state index contributed by atoms with van der Waals surface area (Å²) >= 11 is 0. The van der Waals surface area contributed by atoms with E-state index in [0.29, 0.717) is 11.5 Å². The predicted molar refractivity (Wildman–Crippen MR) is 113 cm³/mol. The lowest BCUT2D eigenvalue weighted by atomic mass is 10.0. The summed E-state index contributed by atoms with van der Waals surface area (Å²) in [5.74, 6) is 2.27. The van der Waals surface area contributed by atoms with Gasteiger partial charge < -0.3 is 14.4 Å². The normalized spacial score (nSPS) is 10.7. The Hall–Kier alpha value is -3.60. The molecule has 0 amide bonds. The number of aromatic nitrogens is 2. The SMILES string of the molecule is COc1ccc(-c2ccc3ncnc(N(C)c4ccccc4)c3c2)cc1OC. The van der Waals surface area contributed by atoms with E-state index in [2.05, 4.69) is 39.1 Å². The van der Waals surface area contributed by atoms with Crippen molar-refractivity contribution in [1.82, 2.24) is 9.97 Å². The first-order chi connectivity index (χ1) is 13.7. The highest BCUT2D eigenvalue weighted by atomic mass is 16.5. The molecule has 0 radical (unpaired) electrons.